The topological polar surface area (TPSA) is 37.3 Å². The van der Waals surface area contributed by atoms with Crippen LogP contribution < -0.4 is 0 Å². The zero-order chi connectivity index (χ0) is 14.9. The summed E-state index contributed by atoms with van der Waals surface area (Å²) in [5, 5.41) is 9.07. The van der Waals surface area contributed by atoms with E-state index in [0.717, 1.165) is 17.7 Å². The van der Waals surface area contributed by atoms with Gasteiger partial charge in [-0.25, -0.2) is 9.18 Å². The lowest BCUT2D eigenvalue weighted by molar-refractivity contribution is 0.0692. The van der Waals surface area contributed by atoms with Crippen LogP contribution >= 0.6 is 11.6 Å². The van der Waals surface area contributed by atoms with Gasteiger partial charge in [0.15, 0.2) is 0 Å². The van der Waals surface area contributed by atoms with Crippen LogP contribution in [0.2, 0.25) is 5.02 Å². The van der Waals surface area contributed by atoms with Crippen molar-refractivity contribution >= 4 is 17.6 Å². The number of carboxylic acid groups (broad SMARTS) is 1. The van der Waals surface area contributed by atoms with Gasteiger partial charge in [0.1, 0.15) is 5.82 Å². The molecule has 4 heteroatoms. The Bertz CT molecular complexity index is 648. The van der Waals surface area contributed by atoms with Crippen molar-refractivity contribution in [3.63, 3.8) is 0 Å². The first-order chi connectivity index (χ1) is 9.40. The Hall–Kier alpha value is -1.87. The van der Waals surface area contributed by atoms with E-state index in [-0.39, 0.29) is 5.02 Å². The zero-order valence-electron chi connectivity index (χ0n) is 11.2. The van der Waals surface area contributed by atoms with Gasteiger partial charge >= 0.3 is 5.97 Å². The van der Waals surface area contributed by atoms with Gasteiger partial charge < -0.3 is 5.11 Å². The van der Waals surface area contributed by atoms with Crippen molar-refractivity contribution in [3.8, 4) is 11.1 Å². The Morgan fingerprint density at radius 3 is 2.30 bits per heavy atom. The van der Waals surface area contributed by atoms with Crippen LogP contribution in [0.5, 0.6) is 0 Å². The largest absolute Gasteiger partial charge is 0.478 e. The summed E-state index contributed by atoms with van der Waals surface area (Å²) in [6, 6.07) is 9.94. The molecule has 20 heavy (non-hydrogen) atoms. The van der Waals surface area contributed by atoms with Crippen LogP contribution in [0, 0.1) is 5.82 Å². The molecule has 1 N–H and O–H groups in total. The van der Waals surface area contributed by atoms with Crippen LogP contribution in [-0.4, -0.2) is 11.1 Å². The van der Waals surface area contributed by atoms with Gasteiger partial charge in [-0.1, -0.05) is 49.7 Å². The smallest absolute Gasteiger partial charge is 0.338 e. The maximum atomic E-state index is 13.7. The van der Waals surface area contributed by atoms with Crippen molar-refractivity contribution < 1.29 is 14.3 Å². The number of hydrogen-bond donors (Lipinski definition) is 1. The summed E-state index contributed by atoms with van der Waals surface area (Å²) in [4.78, 5) is 10.8. The molecular weight excluding hydrogens is 279 g/mol. The fourth-order valence-corrected chi connectivity index (χ4v) is 2.25. The van der Waals surface area contributed by atoms with Gasteiger partial charge in [-0.15, -0.1) is 0 Å². The van der Waals surface area contributed by atoms with E-state index in [4.69, 9.17) is 16.7 Å². The Morgan fingerprint density at radius 2 is 1.80 bits per heavy atom. The fraction of sp³-hybridized carbons (Fsp3) is 0.188. The first-order valence-corrected chi connectivity index (χ1v) is 6.60. The normalized spacial score (nSPS) is 10.8. The number of benzene rings is 2. The first kappa shape index (κ1) is 14.5. The molecule has 2 aromatic rings. The molecule has 2 rings (SSSR count). The average Bonchev–Trinajstić information content (AvgIpc) is 2.40. The molecule has 0 saturated heterocycles. The lowest BCUT2D eigenvalue weighted by Gasteiger charge is -2.09. The van der Waals surface area contributed by atoms with E-state index in [0.29, 0.717) is 11.5 Å². The molecule has 0 fully saturated rings. The van der Waals surface area contributed by atoms with Crippen molar-refractivity contribution in [3.05, 3.63) is 58.4 Å². The number of halogens is 2. The van der Waals surface area contributed by atoms with Gasteiger partial charge in [0.25, 0.3) is 0 Å². The van der Waals surface area contributed by atoms with E-state index in [2.05, 4.69) is 13.8 Å². The highest BCUT2D eigenvalue weighted by molar-refractivity contribution is 6.33. The van der Waals surface area contributed by atoms with Gasteiger partial charge in [0, 0.05) is 10.6 Å². The highest BCUT2D eigenvalue weighted by atomic mass is 35.5. The van der Waals surface area contributed by atoms with Gasteiger partial charge in [0.2, 0.25) is 0 Å². The molecule has 2 nitrogen and oxygen atoms in total. The minimum atomic E-state index is -1.33. The van der Waals surface area contributed by atoms with E-state index in [9.17, 15) is 9.18 Å². The molecule has 2 aromatic carbocycles. The molecule has 0 radical (unpaired) electrons. The maximum Gasteiger partial charge on any atom is 0.338 e. The molecule has 0 spiro atoms. The summed E-state index contributed by atoms with van der Waals surface area (Å²) in [5.41, 5.74) is 2.00. The van der Waals surface area contributed by atoms with Crippen LogP contribution in [0.25, 0.3) is 11.1 Å². The van der Waals surface area contributed by atoms with Crippen LogP contribution in [0.4, 0.5) is 4.39 Å². The van der Waals surface area contributed by atoms with Gasteiger partial charge in [-0.05, 0) is 29.2 Å². The second kappa shape index (κ2) is 5.63. The lowest BCUT2D eigenvalue weighted by Crippen LogP contribution is -2.01. The van der Waals surface area contributed by atoms with E-state index < -0.39 is 17.3 Å². The van der Waals surface area contributed by atoms with Crippen LogP contribution in [0.15, 0.2) is 36.4 Å². The van der Waals surface area contributed by atoms with Crippen molar-refractivity contribution in [1.82, 2.24) is 0 Å². The Morgan fingerprint density at radius 1 is 1.20 bits per heavy atom. The molecule has 0 atom stereocenters. The number of hydrogen-bond acceptors (Lipinski definition) is 1. The molecule has 0 saturated carbocycles. The summed E-state index contributed by atoms with van der Waals surface area (Å²) in [6.07, 6.45) is 0. The van der Waals surface area contributed by atoms with Gasteiger partial charge in [-0.2, -0.15) is 0 Å². The summed E-state index contributed by atoms with van der Waals surface area (Å²) in [7, 11) is 0. The van der Waals surface area contributed by atoms with Crippen molar-refractivity contribution in [2.75, 3.05) is 0 Å². The first-order valence-electron chi connectivity index (χ1n) is 6.23. The maximum absolute atomic E-state index is 13.7. The second-order valence-corrected chi connectivity index (χ2v) is 5.30. The number of carboxylic acids is 1. The SMILES string of the molecule is CC(C)c1ccc(-c2cc(F)c(C(=O)O)cc2Cl)cc1. The van der Waals surface area contributed by atoms with Crippen molar-refractivity contribution in [2.45, 2.75) is 19.8 Å². The van der Waals surface area contributed by atoms with Crippen molar-refractivity contribution in [1.29, 1.82) is 0 Å². The van der Waals surface area contributed by atoms with E-state index in [1.165, 1.54) is 5.56 Å². The molecule has 0 bridgehead atoms. The summed E-state index contributed by atoms with van der Waals surface area (Å²) in [5.74, 6) is -1.71. The minimum absolute atomic E-state index is 0.223. The molecule has 0 aliphatic heterocycles. The quantitative estimate of drug-likeness (QED) is 0.867. The molecular formula is C16H14ClFO2. The monoisotopic (exact) mass is 292 g/mol. The summed E-state index contributed by atoms with van der Waals surface area (Å²) < 4.78 is 13.7. The third-order valence-electron chi connectivity index (χ3n) is 3.18. The Balaban J connectivity index is 2.47. The second-order valence-electron chi connectivity index (χ2n) is 4.89. The average molecular weight is 293 g/mol. The molecule has 0 aromatic heterocycles. The van der Waals surface area contributed by atoms with Gasteiger partial charge in [-0.3, -0.25) is 0 Å². The lowest BCUT2D eigenvalue weighted by atomic mass is 9.98. The van der Waals surface area contributed by atoms with E-state index in [1.807, 2.05) is 24.3 Å². The van der Waals surface area contributed by atoms with Crippen molar-refractivity contribution in [2.24, 2.45) is 0 Å². The third-order valence-corrected chi connectivity index (χ3v) is 3.49. The molecule has 0 aliphatic rings. The highest BCUT2D eigenvalue weighted by Crippen LogP contribution is 2.31. The third kappa shape index (κ3) is 2.83. The number of carbonyl (C=O) groups is 1. The fourth-order valence-electron chi connectivity index (χ4n) is 1.98. The summed E-state index contributed by atoms with van der Waals surface area (Å²) in [6.45, 7) is 4.17. The molecule has 0 unspecified atom stereocenters. The highest BCUT2D eigenvalue weighted by Gasteiger charge is 2.15. The van der Waals surface area contributed by atoms with Crippen LogP contribution in [0.3, 0.4) is 0 Å². The van der Waals surface area contributed by atoms with Crippen LogP contribution in [-0.2, 0) is 0 Å². The zero-order valence-corrected chi connectivity index (χ0v) is 11.9. The predicted molar refractivity (Wildman–Crippen MR) is 77.9 cm³/mol. The van der Waals surface area contributed by atoms with E-state index in [1.54, 1.807) is 0 Å². The van der Waals surface area contributed by atoms with Gasteiger partial charge in [0.05, 0.1) is 5.56 Å². The predicted octanol–water partition coefficient (Wildman–Crippen LogP) is 4.97. The standard InChI is InChI=1S/C16H14ClFO2/c1-9(2)10-3-5-11(6-4-10)12-8-15(18)13(16(19)20)7-14(12)17/h3-9H,1-2H3,(H,19,20). The molecule has 0 heterocycles. The Kier molecular flexibility index (Phi) is 4.09. The molecule has 0 aliphatic carbocycles. The number of rotatable bonds is 3. The Labute approximate surface area is 121 Å². The summed E-state index contributed by atoms with van der Waals surface area (Å²) >= 11 is 6.05. The minimum Gasteiger partial charge on any atom is -0.478 e. The number of aromatic carboxylic acids is 1. The van der Waals surface area contributed by atoms with Crippen LogP contribution in [0.1, 0.15) is 35.7 Å². The molecule has 0 amide bonds. The van der Waals surface area contributed by atoms with E-state index >= 15 is 0 Å². The molecule has 104 valence electrons.